The van der Waals surface area contributed by atoms with Crippen molar-refractivity contribution in [3.8, 4) is 17.2 Å². The molecule has 2 saturated heterocycles. The van der Waals surface area contributed by atoms with Gasteiger partial charge in [-0.1, -0.05) is 61.0 Å². The molecule has 228 valence electrons. The lowest BCUT2D eigenvalue weighted by Gasteiger charge is -2.61. The van der Waals surface area contributed by atoms with Crippen molar-refractivity contribution < 1.29 is 23.8 Å². The molecule has 2 heterocycles. The molecule has 3 aromatic carbocycles. The Morgan fingerprint density at radius 3 is 2.23 bits per heavy atom. The highest BCUT2D eigenvalue weighted by Gasteiger charge is 2.64. The van der Waals surface area contributed by atoms with Crippen LogP contribution in [0.1, 0.15) is 53.6 Å². The number of benzene rings is 3. The van der Waals surface area contributed by atoms with Gasteiger partial charge in [-0.3, -0.25) is 9.59 Å². The van der Waals surface area contributed by atoms with Crippen molar-refractivity contribution in [1.82, 2.24) is 10.2 Å². The summed E-state index contributed by atoms with van der Waals surface area (Å²) in [6, 6.07) is 20.8. The second-order valence-electron chi connectivity index (χ2n) is 11.3. The zero-order chi connectivity index (χ0) is 30.8. The topological polar surface area (TPSA) is 103 Å². The minimum atomic E-state index is -1.09. The molecule has 8 nitrogen and oxygen atoms in total. The van der Waals surface area contributed by atoms with E-state index in [9.17, 15) is 9.59 Å². The fourth-order valence-corrected chi connectivity index (χ4v) is 8.01. The number of nitrogens with two attached hydrogens (primary N) is 1. The van der Waals surface area contributed by atoms with Gasteiger partial charge in [-0.2, -0.15) is 0 Å². The van der Waals surface area contributed by atoms with Gasteiger partial charge >= 0.3 is 0 Å². The Kier molecular flexibility index (Phi) is 8.90. The van der Waals surface area contributed by atoms with Crippen LogP contribution in [0.2, 0.25) is 5.02 Å². The Morgan fingerprint density at radius 2 is 1.70 bits per heavy atom. The molecule has 0 bridgehead atoms. The van der Waals surface area contributed by atoms with E-state index < -0.39 is 22.8 Å². The van der Waals surface area contributed by atoms with E-state index in [4.69, 9.17) is 31.5 Å². The molecule has 3 N–H and O–H groups in total. The van der Waals surface area contributed by atoms with Crippen molar-refractivity contribution in [2.24, 2.45) is 11.7 Å². The number of amides is 2. The zero-order valence-corrected chi connectivity index (χ0v) is 25.9. The van der Waals surface area contributed by atoms with E-state index in [-0.39, 0.29) is 11.8 Å². The summed E-state index contributed by atoms with van der Waals surface area (Å²) in [6.07, 6.45) is 1.78. The Hall–Kier alpha value is -3.75. The lowest BCUT2D eigenvalue weighted by molar-refractivity contribution is -0.131. The number of hydrogen-bond donors (Lipinski definition) is 2. The third kappa shape index (κ3) is 5.00. The number of ether oxygens (including phenoxy) is 3. The average molecular weight is 606 g/mol. The van der Waals surface area contributed by atoms with Crippen LogP contribution < -0.4 is 25.3 Å². The molecule has 4 atom stereocenters. The van der Waals surface area contributed by atoms with Crippen LogP contribution in [0.3, 0.4) is 0 Å². The zero-order valence-electron chi connectivity index (χ0n) is 25.2. The summed E-state index contributed by atoms with van der Waals surface area (Å²) in [7, 11) is 4.59. The normalized spacial score (nSPS) is 25.3. The van der Waals surface area contributed by atoms with Gasteiger partial charge in [0.25, 0.3) is 5.91 Å². The first-order valence-corrected chi connectivity index (χ1v) is 15.1. The molecule has 9 heteroatoms. The molecule has 2 fully saturated rings. The number of nitrogens with one attached hydrogen (secondary N) is 1. The van der Waals surface area contributed by atoms with Gasteiger partial charge in [0.15, 0.2) is 11.5 Å². The van der Waals surface area contributed by atoms with Crippen molar-refractivity contribution in [3.63, 3.8) is 0 Å². The van der Waals surface area contributed by atoms with E-state index in [1.165, 1.54) is 21.3 Å². The summed E-state index contributed by atoms with van der Waals surface area (Å²) < 4.78 is 16.7. The summed E-state index contributed by atoms with van der Waals surface area (Å²) in [5.41, 5.74) is 6.73. The smallest absolute Gasteiger partial charge is 0.254 e. The molecule has 0 aromatic heterocycles. The minimum Gasteiger partial charge on any atom is -0.493 e. The number of methoxy groups -OCH3 is 3. The summed E-state index contributed by atoms with van der Waals surface area (Å²) in [6.45, 7) is 3.95. The fraction of sp³-hybridized carbons (Fsp3) is 0.412. The second kappa shape index (κ2) is 12.5. The number of primary amides is 1. The first kappa shape index (κ1) is 30.7. The maximum absolute atomic E-state index is 14.8. The van der Waals surface area contributed by atoms with Crippen LogP contribution in [-0.2, 0) is 10.2 Å². The molecule has 43 heavy (non-hydrogen) atoms. The number of carbonyl (C=O) groups is 2. The van der Waals surface area contributed by atoms with E-state index in [1.54, 1.807) is 12.1 Å². The second-order valence-corrected chi connectivity index (χ2v) is 11.8. The van der Waals surface area contributed by atoms with Crippen LogP contribution in [0.15, 0.2) is 66.7 Å². The molecule has 0 saturated carbocycles. The summed E-state index contributed by atoms with van der Waals surface area (Å²) in [5, 5.41) is 4.08. The van der Waals surface area contributed by atoms with Crippen LogP contribution in [0.5, 0.6) is 17.2 Å². The van der Waals surface area contributed by atoms with Gasteiger partial charge in [-0.25, -0.2) is 0 Å². The van der Waals surface area contributed by atoms with E-state index in [2.05, 4.69) is 12.2 Å². The van der Waals surface area contributed by atoms with Crippen molar-refractivity contribution in [2.45, 2.75) is 43.1 Å². The van der Waals surface area contributed by atoms with Crippen LogP contribution in [0, 0.1) is 5.92 Å². The van der Waals surface area contributed by atoms with Gasteiger partial charge in [0.05, 0.1) is 32.3 Å². The molecule has 4 unspecified atom stereocenters. The Balaban J connectivity index is 1.80. The first-order valence-electron chi connectivity index (χ1n) is 14.7. The molecule has 2 aliphatic rings. The lowest BCUT2D eigenvalue weighted by atomic mass is 9.51. The Bertz CT molecular complexity index is 1450. The van der Waals surface area contributed by atoms with Gasteiger partial charge in [-0.05, 0) is 67.1 Å². The van der Waals surface area contributed by atoms with Crippen LogP contribution in [-0.4, -0.2) is 63.2 Å². The van der Waals surface area contributed by atoms with Gasteiger partial charge in [0.2, 0.25) is 11.7 Å². The SMILES string of the molecule is CCC1(C2CCNC2)C(c2cccc(Cl)c2)C(C(N)=O)(c2ccccc2)CCN1C(=O)c1cc(OC)c(OC)c(OC)c1. The van der Waals surface area contributed by atoms with E-state index in [0.29, 0.717) is 53.8 Å². The molecule has 2 amide bonds. The van der Waals surface area contributed by atoms with Gasteiger partial charge in [0.1, 0.15) is 0 Å². The van der Waals surface area contributed by atoms with Crippen LogP contribution in [0.4, 0.5) is 0 Å². The molecule has 0 spiro atoms. The largest absolute Gasteiger partial charge is 0.493 e. The predicted molar refractivity (Wildman–Crippen MR) is 167 cm³/mol. The standard InChI is InChI=1S/C34H40ClN3O5/c1-5-34(25-14-16-37-21-25)30(22-10-9-13-26(35)18-22)33(32(36)40,24-11-7-6-8-12-24)15-17-38(34)31(39)23-19-27(41-2)29(43-4)28(20-23)42-3/h6-13,18-20,25,30,37H,5,14-17,21H2,1-4H3,(H2,36,40). The maximum atomic E-state index is 14.8. The third-order valence-corrected chi connectivity index (χ3v) is 9.86. The van der Waals surface area contributed by atoms with Crippen LogP contribution in [0.25, 0.3) is 0 Å². The maximum Gasteiger partial charge on any atom is 0.254 e. The molecule has 2 aliphatic heterocycles. The number of piperidine rings is 1. The Labute approximate surface area is 258 Å². The third-order valence-electron chi connectivity index (χ3n) is 9.63. The highest BCUT2D eigenvalue weighted by molar-refractivity contribution is 6.30. The lowest BCUT2D eigenvalue weighted by Crippen LogP contribution is -2.70. The van der Waals surface area contributed by atoms with E-state index >= 15 is 0 Å². The van der Waals surface area contributed by atoms with Gasteiger partial charge in [0, 0.05) is 29.6 Å². The van der Waals surface area contributed by atoms with Gasteiger partial charge in [-0.15, -0.1) is 0 Å². The van der Waals surface area contributed by atoms with E-state index in [0.717, 1.165) is 24.1 Å². The highest BCUT2D eigenvalue weighted by Crippen LogP contribution is 2.58. The van der Waals surface area contributed by atoms with Crippen molar-refractivity contribution >= 4 is 23.4 Å². The van der Waals surface area contributed by atoms with Crippen molar-refractivity contribution in [2.75, 3.05) is 41.0 Å². The van der Waals surface area contributed by atoms with Crippen molar-refractivity contribution in [1.29, 1.82) is 0 Å². The molecule has 0 radical (unpaired) electrons. The van der Waals surface area contributed by atoms with E-state index in [1.807, 2.05) is 59.5 Å². The number of halogens is 1. The quantitative estimate of drug-likeness (QED) is 0.349. The Morgan fingerprint density at radius 1 is 1.00 bits per heavy atom. The first-order chi connectivity index (χ1) is 20.8. The number of rotatable bonds is 9. The fourth-order valence-electron chi connectivity index (χ4n) is 7.81. The molecular weight excluding hydrogens is 566 g/mol. The summed E-state index contributed by atoms with van der Waals surface area (Å²) >= 11 is 6.62. The molecule has 5 rings (SSSR count). The summed E-state index contributed by atoms with van der Waals surface area (Å²) in [4.78, 5) is 30.8. The van der Waals surface area contributed by atoms with Crippen LogP contribution >= 0.6 is 11.6 Å². The number of hydrogen-bond acceptors (Lipinski definition) is 6. The number of nitrogens with zero attached hydrogens (tertiary/aromatic N) is 1. The molecule has 3 aromatic rings. The number of likely N-dealkylation sites (tertiary alicyclic amines) is 1. The molecule has 0 aliphatic carbocycles. The predicted octanol–water partition coefficient (Wildman–Crippen LogP) is 5.18. The number of carbonyl (C=O) groups excluding carboxylic acids is 2. The highest BCUT2D eigenvalue weighted by atomic mass is 35.5. The monoisotopic (exact) mass is 605 g/mol. The minimum absolute atomic E-state index is 0.0372. The average Bonchev–Trinajstić information content (AvgIpc) is 3.58. The van der Waals surface area contributed by atoms with Gasteiger partial charge < -0.3 is 30.2 Å². The van der Waals surface area contributed by atoms with Crippen molar-refractivity contribution in [3.05, 3.63) is 88.4 Å². The summed E-state index contributed by atoms with van der Waals surface area (Å²) in [5.74, 6) is 0.181. The molecular formula is C34H40ClN3O5.